The number of carbonyl (C=O) groups is 1. The minimum Gasteiger partial charge on any atom is -0.494 e. The Bertz CT molecular complexity index is 1200. The third-order valence-corrected chi connectivity index (χ3v) is 8.44. The van der Waals surface area contributed by atoms with Crippen molar-refractivity contribution in [1.82, 2.24) is 0 Å². The summed E-state index contributed by atoms with van der Waals surface area (Å²) >= 11 is 0. The molecule has 0 radical (unpaired) electrons. The van der Waals surface area contributed by atoms with Crippen molar-refractivity contribution in [2.75, 3.05) is 6.61 Å². The van der Waals surface area contributed by atoms with Crippen molar-refractivity contribution >= 4 is 17.4 Å². The molecule has 0 atom stereocenters. The molecule has 0 aromatic heterocycles. The van der Waals surface area contributed by atoms with Gasteiger partial charge in [0, 0.05) is 5.56 Å². The van der Waals surface area contributed by atoms with Crippen molar-refractivity contribution in [3.63, 3.8) is 0 Å². The molecular weight excluding hydrogens is 536 g/mol. The maximum atomic E-state index is 12.2. The number of benzene rings is 3. The van der Waals surface area contributed by atoms with Crippen LogP contribution in [0.3, 0.4) is 0 Å². The molecule has 0 aliphatic heterocycles. The van der Waals surface area contributed by atoms with E-state index in [1.165, 1.54) is 114 Å². The fraction of sp³-hybridized carbons (Fsp3) is 0.452. The van der Waals surface area contributed by atoms with Gasteiger partial charge >= 0.3 is 0 Å². The molecular formula is C42H56O2. The summed E-state index contributed by atoms with van der Waals surface area (Å²) in [6, 6.07) is 26.3. The number of aryl methyl sites for hydroxylation is 1. The number of hydrogen-bond acceptors (Lipinski definition) is 2. The van der Waals surface area contributed by atoms with E-state index in [0.29, 0.717) is 5.56 Å². The Morgan fingerprint density at radius 3 is 1.61 bits per heavy atom. The van der Waals surface area contributed by atoms with Crippen LogP contribution >= 0.6 is 0 Å². The van der Waals surface area contributed by atoms with E-state index >= 15 is 0 Å². The number of unbranched alkanes of at least 4 members (excludes halogenated alkanes) is 15. The van der Waals surface area contributed by atoms with Crippen molar-refractivity contribution in [2.45, 2.75) is 116 Å². The zero-order valence-corrected chi connectivity index (χ0v) is 27.4. The minimum atomic E-state index is 0.0201. The van der Waals surface area contributed by atoms with E-state index < -0.39 is 0 Å². The van der Waals surface area contributed by atoms with Gasteiger partial charge in [-0.05, 0) is 61.1 Å². The lowest BCUT2D eigenvalue weighted by Gasteiger charge is -2.07. The highest BCUT2D eigenvalue weighted by Gasteiger charge is 2.01. The van der Waals surface area contributed by atoms with E-state index in [9.17, 15) is 4.79 Å². The van der Waals surface area contributed by atoms with E-state index in [-0.39, 0.29) is 5.78 Å². The van der Waals surface area contributed by atoms with Gasteiger partial charge in [0.2, 0.25) is 0 Å². The molecule has 0 saturated heterocycles. The van der Waals surface area contributed by atoms with Crippen LogP contribution in [0.15, 0.2) is 91.5 Å². The van der Waals surface area contributed by atoms with Gasteiger partial charge in [-0.2, -0.15) is 0 Å². The summed E-state index contributed by atoms with van der Waals surface area (Å²) in [5, 5.41) is 0. The molecule has 0 saturated carbocycles. The molecule has 3 rings (SSSR count). The van der Waals surface area contributed by atoms with Gasteiger partial charge in [-0.25, -0.2) is 0 Å². The van der Waals surface area contributed by atoms with Crippen molar-refractivity contribution in [1.29, 1.82) is 0 Å². The Balaban J connectivity index is 1.05. The molecule has 3 aromatic carbocycles. The summed E-state index contributed by atoms with van der Waals surface area (Å²) in [5.41, 5.74) is 5.57. The van der Waals surface area contributed by atoms with E-state index in [1.807, 2.05) is 60.7 Å². The second-order valence-corrected chi connectivity index (χ2v) is 12.4. The zero-order chi connectivity index (χ0) is 31.1. The van der Waals surface area contributed by atoms with E-state index in [0.717, 1.165) is 29.9 Å². The van der Waals surface area contributed by atoms with Crippen LogP contribution in [0, 0.1) is 0 Å². The van der Waals surface area contributed by atoms with Crippen LogP contribution in [-0.4, -0.2) is 12.4 Å². The standard InChI is InChI=1S/C42H56O2/c1-36(2)39-30-25-37(26-31-39)22-18-15-13-11-9-7-5-3-4-6-8-10-12-14-16-21-35-44-41-32-27-38(28-33-41)29-34-42(43)40-23-19-17-20-24-40/h17,19-20,23-34H,1,3-16,18,21-22,35H2,2H3. The highest BCUT2D eigenvalue weighted by atomic mass is 16.5. The van der Waals surface area contributed by atoms with Gasteiger partial charge in [0.15, 0.2) is 5.78 Å². The third-order valence-electron chi connectivity index (χ3n) is 8.44. The molecule has 2 heteroatoms. The van der Waals surface area contributed by atoms with Gasteiger partial charge in [0.25, 0.3) is 0 Å². The monoisotopic (exact) mass is 592 g/mol. The molecule has 0 spiro atoms. The average Bonchev–Trinajstić information content (AvgIpc) is 3.05. The van der Waals surface area contributed by atoms with Gasteiger partial charge in [-0.15, -0.1) is 0 Å². The summed E-state index contributed by atoms with van der Waals surface area (Å²) in [7, 11) is 0. The first-order chi connectivity index (χ1) is 21.6. The number of allylic oxidation sites excluding steroid dienone is 2. The molecule has 0 aliphatic carbocycles. The molecule has 0 heterocycles. The van der Waals surface area contributed by atoms with E-state index in [2.05, 4.69) is 37.8 Å². The Morgan fingerprint density at radius 2 is 1.09 bits per heavy atom. The first-order valence-electron chi connectivity index (χ1n) is 17.4. The van der Waals surface area contributed by atoms with Gasteiger partial charge in [0.1, 0.15) is 5.75 Å². The maximum absolute atomic E-state index is 12.2. The number of rotatable bonds is 24. The Morgan fingerprint density at radius 1 is 0.591 bits per heavy atom. The summed E-state index contributed by atoms with van der Waals surface area (Å²) in [5.74, 6) is 0.917. The molecule has 0 amide bonds. The van der Waals surface area contributed by atoms with Crippen LogP contribution < -0.4 is 4.74 Å². The minimum absolute atomic E-state index is 0.0201. The van der Waals surface area contributed by atoms with Crippen LogP contribution in [-0.2, 0) is 6.42 Å². The van der Waals surface area contributed by atoms with Crippen molar-refractivity contribution in [3.05, 3.63) is 114 Å². The summed E-state index contributed by atoms with van der Waals surface area (Å²) < 4.78 is 5.91. The predicted octanol–water partition coefficient (Wildman–Crippen LogP) is 12.5. The Kier molecular flexibility index (Phi) is 17.7. The molecule has 2 nitrogen and oxygen atoms in total. The lowest BCUT2D eigenvalue weighted by atomic mass is 10.0. The molecule has 0 bridgehead atoms. The van der Waals surface area contributed by atoms with Crippen LogP contribution in [0.4, 0.5) is 0 Å². The normalized spacial score (nSPS) is 11.2. The highest BCUT2D eigenvalue weighted by molar-refractivity contribution is 6.06. The fourth-order valence-corrected chi connectivity index (χ4v) is 5.60. The molecule has 3 aromatic rings. The van der Waals surface area contributed by atoms with E-state index in [4.69, 9.17) is 4.74 Å². The van der Waals surface area contributed by atoms with Crippen LogP contribution in [0.2, 0.25) is 0 Å². The lowest BCUT2D eigenvalue weighted by molar-refractivity contribution is 0.104. The largest absolute Gasteiger partial charge is 0.494 e. The molecule has 0 N–H and O–H groups in total. The quantitative estimate of drug-likeness (QED) is 0.0587. The van der Waals surface area contributed by atoms with Gasteiger partial charge in [-0.1, -0.05) is 175 Å². The van der Waals surface area contributed by atoms with Gasteiger partial charge in [-0.3, -0.25) is 4.79 Å². The topological polar surface area (TPSA) is 26.3 Å². The number of hydrogen-bond donors (Lipinski definition) is 0. The third kappa shape index (κ3) is 15.4. The van der Waals surface area contributed by atoms with Crippen LogP contribution in [0.1, 0.15) is 137 Å². The smallest absolute Gasteiger partial charge is 0.185 e. The number of ether oxygens (including phenoxy) is 1. The van der Waals surface area contributed by atoms with Crippen LogP contribution in [0.25, 0.3) is 11.6 Å². The zero-order valence-electron chi connectivity index (χ0n) is 27.4. The Hall–Kier alpha value is -3.39. The van der Waals surface area contributed by atoms with Crippen molar-refractivity contribution in [3.8, 4) is 5.75 Å². The molecule has 236 valence electrons. The average molecular weight is 593 g/mol. The number of carbonyl (C=O) groups excluding carboxylic acids is 1. The van der Waals surface area contributed by atoms with Crippen molar-refractivity contribution in [2.24, 2.45) is 0 Å². The second-order valence-electron chi connectivity index (χ2n) is 12.4. The SMILES string of the molecule is C=C(C)c1ccc(CCCCCCCCCCCCCCCCCCOc2ccc(C=CC(=O)c3ccccc3)cc2)cc1. The summed E-state index contributed by atoms with van der Waals surface area (Å²) in [6.45, 7) is 6.86. The summed E-state index contributed by atoms with van der Waals surface area (Å²) in [6.07, 6.45) is 26.4. The Labute approximate surface area is 268 Å². The lowest BCUT2D eigenvalue weighted by Crippen LogP contribution is -1.97. The maximum Gasteiger partial charge on any atom is 0.185 e. The first-order valence-corrected chi connectivity index (χ1v) is 17.4. The second kappa shape index (κ2) is 22.2. The molecule has 44 heavy (non-hydrogen) atoms. The highest BCUT2D eigenvalue weighted by Crippen LogP contribution is 2.18. The van der Waals surface area contributed by atoms with Gasteiger partial charge < -0.3 is 4.74 Å². The first kappa shape index (κ1) is 35.1. The summed E-state index contributed by atoms with van der Waals surface area (Å²) in [4.78, 5) is 12.2. The predicted molar refractivity (Wildman–Crippen MR) is 190 cm³/mol. The van der Waals surface area contributed by atoms with Gasteiger partial charge in [0.05, 0.1) is 6.61 Å². The number of ketones is 1. The molecule has 0 unspecified atom stereocenters. The molecule has 0 fully saturated rings. The van der Waals surface area contributed by atoms with Crippen LogP contribution in [0.5, 0.6) is 5.75 Å². The molecule has 0 aliphatic rings. The van der Waals surface area contributed by atoms with E-state index in [1.54, 1.807) is 6.08 Å². The fourth-order valence-electron chi connectivity index (χ4n) is 5.60. The van der Waals surface area contributed by atoms with Crippen molar-refractivity contribution < 1.29 is 9.53 Å².